The maximum atomic E-state index is 5.44. The van der Waals surface area contributed by atoms with Gasteiger partial charge in [-0.2, -0.15) is 4.98 Å². The zero-order valence-corrected chi connectivity index (χ0v) is 15.4. The van der Waals surface area contributed by atoms with E-state index >= 15 is 0 Å². The van der Waals surface area contributed by atoms with E-state index in [0.29, 0.717) is 11.8 Å². The molecular formula is C20H25N5O. The highest BCUT2D eigenvalue weighted by molar-refractivity contribution is 5.97. The highest BCUT2D eigenvalue weighted by atomic mass is 16.5. The standard InChI is InChI=1S/C20H25N5O/c1-14-6-8-16(9-7-14)18-17-19(22-13-23-20(17)26-24-18)21-10-12-25-11-4-3-5-15(25)2/h6-9,13,15H,3-5,10-12H2,1-2H3,(H,21,22,23). The van der Waals surface area contributed by atoms with Gasteiger partial charge in [-0.25, -0.2) is 4.98 Å². The molecule has 1 unspecified atom stereocenters. The Labute approximate surface area is 153 Å². The molecule has 1 aliphatic rings. The van der Waals surface area contributed by atoms with Crippen molar-refractivity contribution >= 4 is 16.9 Å². The lowest BCUT2D eigenvalue weighted by atomic mass is 10.0. The first-order valence-corrected chi connectivity index (χ1v) is 9.38. The lowest BCUT2D eigenvalue weighted by Gasteiger charge is -2.33. The molecule has 0 bridgehead atoms. The summed E-state index contributed by atoms with van der Waals surface area (Å²) in [6, 6.07) is 8.92. The number of piperidine rings is 1. The molecule has 1 aromatic carbocycles. The summed E-state index contributed by atoms with van der Waals surface area (Å²) < 4.78 is 5.44. The smallest absolute Gasteiger partial charge is 0.263 e. The molecule has 3 aromatic rings. The molecular weight excluding hydrogens is 326 g/mol. The van der Waals surface area contributed by atoms with Crippen molar-refractivity contribution < 1.29 is 4.52 Å². The molecule has 0 spiro atoms. The minimum absolute atomic E-state index is 0.518. The number of nitrogens with one attached hydrogen (secondary N) is 1. The van der Waals surface area contributed by atoms with Crippen molar-refractivity contribution in [1.29, 1.82) is 0 Å². The number of aromatic nitrogens is 3. The van der Waals surface area contributed by atoms with Gasteiger partial charge in [-0.05, 0) is 33.2 Å². The molecule has 0 aliphatic carbocycles. The van der Waals surface area contributed by atoms with Gasteiger partial charge in [0.1, 0.15) is 23.2 Å². The normalized spacial score (nSPS) is 18.3. The highest BCUT2D eigenvalue weighted by Crippen LogP contribution is 2.31. The fourth-order valence-corrected chi connectivity index (χ4v) is 3.64. The van der Waals surface area contributed by atoms with Crippen molar-refractivity contribution in [2.24, 2.45) is 0 Å². The van der Waals surface area contributed by atoms with Gasteiger partial charge in [0.25, 0.3) is 5.71 Å². The van der Waals surface area contributed by atoms with E-state index in [1.807, 2.05) is 0 Å². The van der Waals surface area contributed by atoms with Crippen LogP contribution in [-0.4, -0.2) is 45.7 Å². The van der Waals surface area contributed by atoms with E-state index in [1.54, 1.807) is 0 Å². The first kappa shape index (κ1) is 17.0. The van der Waals surface area contributed by atoms with Crippen LogP contribution in [0.1, 0.15) is 31.7 Å². The summed E-state index contributed by atoms with van der Waals surface area (Å²) in [5.74, 6) is 0.788. The van der Waals surface area contributed by atoms with E-state index in [2.05, 4.69) is 63.5 Å². The van der Waals surface area contributed by atoms with Gasteiger partial charge in [-0.15, -0.1) is 0 Å². The summed E-state index contributed by atoms with van der Waals surface area (Å²) in [6.45, 7) is 7.43. The van der Waals surface area contributed by atoms with E-state index in [1.165, 1.54) is 37.7 Å². The first-order valence-electron chi connectivity index (χ1n) is 9.38. The van der Waals surface area contributed by atoms with Gasteiger partial charge in [0.05, 0.1) is 0 Å². The van der Waals surface area contributed by atoms with Crippen molar-refractivity contribution in [1.82, 2.24) is 20.0 Å². The SMILES string of the molecule is Cc1ccc(-c2noc3ncnc(NCCN4CCCCC4C)c23)cc1. The summed E-state index contributed by atoms with van der Waals surface area (Å²) in [7, 11) is 0. The van der Waals surface area contributed by atoms with Crippen LogP contribution in [0.3, 0.4) is 0 Å². The lowest BCUT2D eigenvalue weighted by molar-refractivity contribution is 0.167. The van der Waals surface area contributed by atoms with Gasteiger partial charge in [-0.3, -0.25) is 4.90 Å². The molecule has 3 heterocycles. The molecule has 1 atom stereocenters. The maximum Gasteiger partial charge on any atom is 0.263 e. The van der Waals surface area contributed by atoms with Gasteiger partial charge in [0.15, 0.2) is 0 Å². The predicted molar refractivity (Wildman–Crippen MR) is 103 cm³/mol. The van der Waals surface area contributed by atoms with E-state index in [-0.39, 0.29) is 0 Å². The summed E-state index contributed by atoms with van der Waals surface area (Å²) in [5, 5.41) is 8.56. The fourth-order valence-electron chi connectivity index (χ4n) is 3.64. The molecule has 0 saturated carbocycles. The molecule has 136 valence electrons. The average molecular weight is 351 g/mol. The lowest BCUT2D eigenvalue weighted by Crippen LogP contribution is -2.40. The molecule has 1 N–H and O–H groups in total. The van der Waals surface area contributed by atoms with Gasteiger partial charge in [0, 0.05) is 24.7 Å². The van der Waals surface area contributed by atoms with Crippen molar-refractivity contribution in [3.05, 3.63) is 36.2 Å². The molecule has 1 fully saturated rings. The van der Waals surface area contributed by atoms with Crippen LogP contribution in [0.25, 0.3) is 22.4 Å². The van der Waals surface area contributed by atoms with Crippen LogP contribution >= 0.6 is 0 Å². The van der Waals surface area contributed by atoms with Gasteiger partial charge in [-0.1, -0.05) is 41.4 Å². The second-order valence-corrected chi connectivity index (χ2v) is 7.11. The number of nitrogens with zero attached hydrogens (tertiary/aromatic N) is 4. The Morgan fingerprint density at radius 1 is 1.19 bits per heavy atom. The monoisotopic (exact) mass is 351 g/mol. The molecule has 26 heavy (non-hydrogen) atoms. The average Bonchev–Trinajstić information content (AvgIpc) is 3.09. The molecule has 1 saturated heterocycles. The maximum absolute atomic E-state index is 5.44. The number of fused-ring (bicyclic) bond motifs is 1. The molecule has 6 nitrogen and oxygen atoms in total. The molecule has 0 amide bonds. The largest absolute Gasteiger partial charge is 0.368 e. The Hall–Kier alpha value is -2.47. The number of anilines is 1. The third-order valence-corrected chi connectivity index (χ3v) is 5.23. The number of aryl methyl sites for hydroxylation is 1. The second kappa shape index (κ2) is 7.41. The highest BCUT2D eigenvalue weighted by Gasteiger charge is 2.19. The molecule has 2 aromatic heterocycles. The van der Waals surface area contributed by atoms with Crippen molar-refractivity contribution in [2.75, 3.05) is 25.0 Å². The Morgan fingerprint density at radius 2 is 2.04 bits per heavy atom. The minimum atomic E-state index is 0.518. The molecule has 0 radical (unpaired) electrons. The van der Waals surface area contributed by atoms with Crippen LogP contribution in [0.2, 0.25) is 0 Å². The Balaban J connectivity index is 1.55. The van der Waals surface area contributed by atoms with Crippen molar-refractivity contribution in [2.45, 2.75) is 39.2 Å². The predicted octanol–water partition coefficient (Wildman–Crippen LogP) is 3.88. The van der Waals surface area contributed by atoms with Gasteiger partial charge >= 0.3 is 0 Å². The van der Waals surface area contributed by atoms with Crippen LogP contribution in [0.15, 0.2) is 35.1 Å². The molecule has 1 aliphatic heterocycles. The topological polar surface area (TPSA) is 67.1 Å². The quantitative estimate of drug-likeness (QED) is 0.752. The number of benzene rings is 1. The zero-order valence-electron chi connectivity index (χ0n) is 15.4. The summed E-state index contributed by atoms with van der Waals surface area (Å²) in [4.78, 5) is 11.2. The third-order valence-electron chi connectivity index (χ3n) is 5.23. The van der Waals surface area contributed by atoms with Crippen LogP contribution in [0.4, 0.5) is 5.82 Å². The van der Waals surface area contributed by atoms with E-state index in [4.69, 9.17) is 4.52 Å². The first-order chi connectivity index (χ1) is 12.7. The van der Waals surface area contributed by atoms with Gasteiger partial charge < -0.3 is 9.84 Å². The number of hydrogen-bond acceptors (Lipinski definition) is 6. The van der Waals surface area contributed by atoms with Gasteiger partial charge in [0.2, 0.25) is 0 Å². The van der Waals surface area contributed by atoms with Crippen molar-refractivity contribution in [3.63, 3.8) is 0 Å². The van der Waals surface area contributed by atoms with E-state index in [0.717, 1.165) is 35.6 Å². The summed E-state index contributed by atoms with van der Waals surface area (Å²) in [5.41, 5.74) is 3.53. The van der Waals surface area contributed by atoms with Crippen molar-refractivity contribution in [3.8, 4) is 11.3 Å². The number of likely N-dealkylation sites (tertiary alicyclic amines) is 1. The van der Waals surface area contributed by atoms with Crippen LogP contribution < -0.4 is 5.32 Å². The molecule has 4 rings (SSSR count). The number of hydrogen-bond donors (Lipinski definition) is 1. The Kier molecular flexibility index (Phi) is 4.84. The Bertz CT molecular complexity index is 874. The Morgan fingerprint density at radius 3 is 2.85 bits per heavy atom. The molecule has 6 heteroatoms. The zero-order chi connectivity index (χ0) is 17.9. The fraction of sp³-hybridized carbons (Fsp3) is 0.450. The van der Waals surface area contributed by atoms with Crippen LogP contribution in [0.5, 0.6) is 0 Å². The van der Waals surface area contributed by atoms with E-state index < -0.39 is 0 Å². The second-order valence-electron chi connectivity index (χ2n) is 7.11. The van der Waals surface area contributed by atoms with E-state index in [9.17, 15) is 0 Å². The third kappa shape index (κ3) is 3.42. The van der Waals surface area contributed by atoms with Crippen LogP contribution in [0, 0.1) is 6.92 Å². The van der Waals surface area contributed by atoms with Crippen LogP contribution in [-0.2, 0) is 0 Å². The summed E-state index contributed by atoms with van der Waals surface area (Å²) in [6.07, 6.45) is 5.46. The number of rotatable bonds is 5. The summed E-state index contributed by atoms with van der Waals surface area (Å²) >= 11 is 0. The minimum Gasteiger partial charge on any atom is -0.368 e.